The van der Waals surface area contributed by atoms with Crippen molar-refractivity contribution in [2.24, 2.45) is 16.5 Å². The van der Waals surface area contributed by atoms with E-state index in [9.17, 15) is 9.18 Å². The molecule has 0 bridgehead atoms. The van der Waals surface area contributed by atoms with E-state index in [0.717, 1.165) is 11.8 Å². The molecule has 0 fully saturated rings. The van der Waals surface area contributed by atoms with E-state index in [1.54, 1.807) is 6.92 Å². The second-order valence-corrected chi connectivity index (χ2v) is 5.08. The number of nitrogens with two attached hydrogens (primary N) is 2. The van der Waals surface area contributed by atoms with Gasteiger partial charge < -0.3 is 16.6 Å². The molecular weight excluding hydrogens is 233 g/mol. The van der Waals surface area contributed by atoms with E-state index < -0.39 is 23.4 Å². The number of carboxylic acids is 1. The highest BCUT2D eigenvalue weighted by molar-refractivity contribution is 8.00. The average Bonchev–Trinajstić information content (AvgIpc) is 2.17. The topological polar surface area (TPSA) is 102 Å². The van der Waals surface area contributed by atoms with E-state index in [1.165, 1.54) is 6.92 Å². The Labute approximate surface area is 98.5 Å². The van der Waals surface area contributed by atoms with Crippen molar-refractivity contribution < 1.29 is 14.3 Å². The number of hydrogen-bond donors (Lipinski definition) is 3. The van der Waals surface area contributed by atoms with Gasteiger partial charge in [-0.1, -0.05) is 0 Å². The molecule has 0 rings (SSSR count). The second-order valence-electron chi connectivity index (χ2n) is 3.79. The summed E-state index contributed by atoms with van der Waals surface area (Å²) in [5.41, 5.74) is 9.49. The number of aliphatic carboxylic acids is 1. The minimum atomic E-state index is -1.35. The summed E-state index contributed by atoms with van der Waals surface area (Å²) in [5.74, 6) is -0.584. The van der Waals surface area contributed by atoms with Gasteiger partial charge in [0.2, 0.25) is 0 Å². The van der Waals surface area contributed by atoms with Crippen LogP contribution in [0.1, 0.15) is 13.8 Å². The minimum Gasteiger partial charge on any atom is -0.480 e. The van der Waals surface area contributed by atoms with Crippen LogP contribution in [0.15, 0.2) is 4.99 Å². The van der Waals surface area contributed by atoms with Crippen LogP contribution in [0.5, 0.6) is 0 Å². The van der Waals surface area contributed by atoms with Gasteiger partial charge in [-0.05, 0) is 13.8 Å². The molecular formula is C9H18FN3O2S. The summed E-state index contributed by atoms with van der Waals surface area (Å²) in [6, 6.07) is 0. The fourth-order valence-electron chi connectivity index (χ4n) is 0.745. The molecule has 0 heterocycles. The number of amidine groups is 1. The molecule has 0 saturated heterocycles. The molecule has 1 unspecified atom stereocenters. The van der Waals surface area contributed by atoms with Crippen LogP contribution in [0.4, 0.5) is 4.39 Å². The van der Waals surface area contributed by atoms with Gasteiger partial charge in [0, 0.05) is 5.75 Å². The molecule has 2 atom stereocenters. The Hall–Kier alpha value is -0.820. The number of nitrogens with zero attached hydrogens (tertiary/aromatic N) is 1. The zero-order valence-electron chi connectivity index (χ0n) is 9.44. The van der Waals surface area contributed by atoms with Crippen LogP contribution in [-0.4, -0.2) is 46.7 Å². The van der Waals surface area contributed by atoms with E-state index in [2.05, 4.69) is 4.99 Å². The van der Waals surface area contributed by atoms with Crippen molar-refractivity contribution in [2.45, 2.75) is 24.6 Å². The van der Waals surface area contributed by atoms with Gasteiger partial charge in [0.25, 0.3) is 0 Å². The maximum Gasteiger partial charge on any atom is 0.324 e. The molecule has 0 aliphatic heterocycles. The Kier molecular flexibility index (Phi) is 6.35. The molecule has 0 aliphatic rings. The predicted octanol–water partition coefficient (Wildman–Crippen LogP) is 0.237. The van der Waals surface area contributed by atoms with E-state index in [4.69, 9.17) is 16.6 Å². The lowest BCUT2D eigenvalue weighted by Gasteiger charge is -2.20. The first-order valence-corrected chi connectivity index (χ1v) is 5.81. The molecule has 0 radical (unpaired) electrons. The summed E-state index contributed by atoms with van der Waals surface area (Å²) in [6.07, 6.45) is 0. The lowest BCUT2D eigenvalue weighted by molar-refractivity contribution is -0.141. The minimum absolute atomic E-state index is 0.135. The fraction of sp³-hybridized carbons (Fsp3) is 0.778. The van der Waals surface area contributed by atoms with Crippen LogP contribution in [-0.2, 0) is 4.79 Å². The Bertz CT molecular complexity index is 267. The summed E-state index contributed by atoms with van der Waals surface area (Å²) < 4.78 is 12.6. The highest BCUT2D eigenvalue weighted by atomic mass is 32.2. The van der Waals surface area contributed by atoms with E-state index in [1.807, 2.05) is 0 Å². The molecule has 16 heavy (non-hydrogen) atoms. The molecule has 5 N–H and O–H groups in total. The third-order valence-electron chi connectivity index (χ3n) is 1.82. The van der Waals surface area contributed by atoms with Gasteiger partial charge >= 0.3 is 5.97 Å². The van der Waals surface area contributed by atoms with Gasteiger partial charge in [-0.2, -0.15) is 11.8 Å². The van der Waals surface area contributed by atoms with Gasteiger partial charge in [-0.3, -0.25) is 9.79 Å². The monoisotopic (exact) mass is 251 g/mol. The second kappa shape index (κ2) is 6.70. The third kappa shape index (κ3) is 5.92. The first-order valence-electron chi connectivity index (χ1n) is 4.76. The van der Waals surface area contributed by atoms with Crippen molar-refractivity contribution in [1.82, 2.24) is 0 Å². The molecule has 0 spiro atoms. The Morgan fingerprint density at radius 3 is 2.62 bits per heavy atom. The van der Waals surface area contributed by atoms with Crippen LogP contribution in [0.25, 0.3) is 0 Å². The first-order chi connectivity index (χ1) is 7.29. The number of carbonyl (C=O) groups is 1. The van der Waals surface area contributed by atoms with Crippen molar-refractivity contribution in [3.8, 4) is 0 Å². The van der Waals surface area contributed by atoms with Crippen molar-refractivity contribution in [1.29, 1.82) is 0 Å². The largest absolute Gasteiger partial charge is 0.480 e. The molecule has 7 heteroatoms. The predicted molar refractivity (Wildman–Crippen MR) is 64.6 cm³/mol. The number of hydrogen-bond acceptors (Lipinski definition) is 4. The fourth-order valence-corrected chi connectivity index (χ4v) is 1.72. The maximum atomic E-state index is 12.6. The van der Waals surface area contributed by atoms with Crippen molar-refractivity contribution >= 4 is 23.6 Å². The maximum absolute atomic E-state index is 12.6. The van der Waals surface area contributed by atoms with E-state index in [-0.39, 0.29) is 12.3 Å². The number of alkyl halides is 1. The Balaban J connectivity index is 4.15. The highest BCUT2D eigenvalue weighted by Crippen LogP contribution is 2.17. The molecule has 0 aliphatic carbocycles. The Morgan fingerprint density at radius 1 is 1.69 bits per heavy atom. The number of rotatable bonds is 7. The SMILES string of the molecule is CC(N)=NCC(CF)SC[C@](C)(N)C(=O)O. The zero-order chi connectivity index (χ0) is 12.8. The summed E-state index contributed by atoms with van der Waals surface area (Å²) in [7, 11) is 0. The quantitative estimate of drug-likeness (QED) is 0.444. The van der Waals surface area contributed by atoms with Gasteiger partial charge in [-0.15, -0.1) is 0 Å². The molecule has 5 nitrogen and oxygen atoms in total. The standard InChI is InChI=1S/C9H18FN3O2S/c1-6(11)13-4-7(3-10)16-5-9(2,12)8(14)15/h7H,3-5,12H2,1-2H3,(H2,11,13)(H,14,15)/t7?,9-/m0/s1. The molecule has 0 saturated carbocycles. The lowest BCUT2D eigenvalue weighted by Crippen LogP contribution is -2.47. The van der Waals surface area contributed by atoms with Crippen molar-refractivity contribution in [2.75, 3.05) is 19.0 Å². The number of thioether (sulfide) groups is 1. The average molecular weight is 251 g/mol. The van der Waals surface area contributed by atoms with Crippen LogP contribution >= 0.6 is 11.8 Å². The first kappa shape index (κ1) is 15.2. The molecule has 0 aromatic heterocycles. The summed E-state index contributed by atoms with van der Waals surface area (Å²) in [4.78, 5) is 14.6. The number of halogens is 1. The summed E-state index contributed by atoms with van der Waals surface area (Å²) in [5, 5.41) is 8.36. The highest BCUT2D eigenvalue weighted by Gasteiger charge is 2.29. The third-order valence-corrected chi connectivity index (χ3v) is 3.34. The zero-order valence-corrected chi connectivity index (χ0v) is 10.3. The van der Waals surface area contributed by atoms with Gasteiger partial charge in [0.05, 0.1) is 17.6 Å². The lowest BCUT2D eigenvalue weighted by atomic mass is 10.1. The summed E-state index contributed by atoms with van der Waals surface area (Å²) in [6.45, 7) is 2.66. The molecule has 0 aromatic carbocycles. The van der Waals surface area contributed by atoms with Crippen molar-refractivity contribution in [3.63, 3.8) is 0 Å². The van der Waals surface area contributed by atoms with Gasteiger partial charge in [-0.25, -0.2) is 4.39 Å². The van der Waals surface area contributed by atoms with E-state index >= 15 is 0 Å². The Morgan fingerprint density at radius 2 is 2.25 bits per heavy atom. The van der Waals surface area contributed by atoms with Crippen LogP contribution < -0.4 is 11.5 Å². The van der Waals surface area contributed by atoms with Crippen LogP contribution in [0.3, 0.4) is 0 Å². The molecule has 0 aromatic rings. The van der Waals surface area contributed by atoms with Crippen LogP contribution in [0.2, 0.25) is 0 Å². The number of aliphatic imine (C=N–C) groups is 1. The van der Waals surface area contributed by atoms with Gasteiger partial charge in [0.1, 0.15) is 12.2 Å². The van der Waals surface area contributed by atoms with Gasteiger partial charge in [0.15, 0.2) is 0 Å². The summed E-state index contributed by atoms with van der Waals surface area (Å²) >= 11 is 1.16. The van der Waals surface area contributed by atoms with Crippen molar-refractivity contribution in [3.05, 3.63) is 0 Å². The molecule has 94 valence electrons. The normalized spacial score (nSPS) is 17.9. The molecule has 0 amide bonds. The van der Waals surface area contributed by atoms with E-state index in [0.29, 0.717) is 5.84 Å². The van der Waals surface area contributed by atoms with Crippen LogP contribution in [0, 0.1) is 0 Å². The smallest absolute Gasteiger partial charge is 0.324 e. The number of carboxylic acid groups (broad SMARTS) is 1.